The monoisotopic (exact) mass is 314 g/mol. The van der Waals surface area contributed by atoms with Gasteiger partial charge in [0.25, 0.3) is 5.91 Å². The molecule has 1 aliphatic rings. The van der Waals surface area contributed by atoms with Gasteiger partial charge in [0.15, 0.2) is 0 Å². The predicted octanol–water partition coefficient (Wildman–Crippen LogP) is 2.40. The molecule has 1 aromatic carbocycles. The fourth-order valence-electron chi connectivity index (χ4n) is 2.18. The lowest BCUT2D eigenvalue weighted by molar-refractivity contribution is 0.0777. The average Bonchev–Trinajstić information content (AvgIpc) is 2.75. The molecule has 98 valence electrons. The van der Waals surface area contributed by atoms with Crippen molar-refractivity contribution in [3.63, 3.8) is 0 Å². The third kappa shape index (κ3) is 2.57. The largest absolute Gasteiger partial charge is 0.338 e. The molecular weight excluding hydrogens is 299 g/mol. The van der Waals surface area contributed by atoms with E-state index in [2.05, 4.69) is 22.9 Å². The molecule has 0 aliphatic carbocycles. The minimum Gasteiger partial charge on any atom is -0.338 e. The number of nitrogens with two attached hydrogens (primary N) is 1. The molecule has 18 heavy (non-hydrogen) atoms. The molecule has 1 amide bonds. The van der Waals surface area contributed by atoms with Crippen LogP contribution in [0.3, 0.4) is 0 Å². The third-order valence-corrected chi connectivity index (χ3v) is 4.11. The van der Waals surface area contributed by atoms with Crippen molar-refractivity contribution in [1.82, 2.24) is 4.90 Å². The molecule has 1 unspecified atom stereocenters. The third-order valence-electron chi connectivity index (χ3n) is 3.50. The molecular formula is C13H16BrFN2O. The maximum Gasteiger partial charge on any atom is 0.253 e. The van der Waals surface area contributed by atoms with Crippen LogP contribution in [-0.4, -0.2) is 30.4 Å². The summed E-state index contributed by atoms with van der Waals surface area (Å²) in [6.07, 6.45) is 0.914. The summed E-state index contributed by atoms with van der Waals surface area (Å²) in [4.78, 5) is 14.0. The number of halogens is 2. The highest BCUT2D eigenvalue weighted by atomic mass is 79.9. The van der Waals surface area contributed by atoms with E-state index in [4.69, 9.17) is 5.73 Å². The Morgan fingerprint density at radius 3 is 2.89 bits per heavy atom. The fourth-order valence-corrected chi connectivity index (χ4v) is 2.55. The van der Waals surface area contributed by atoms with Crippen molar-refractivity contribution < 1.29 is 9.18 Å². The van der Waals surface area contributed by atoms with E-state index in [1.807, 2.05) is 0 Å². The minimum absolute atomic E-state index is 0.00687. The summed E-state index contributed by atoms with van der Waals surface area (Å²) in [7, 11) is 0. The number of carbonyl (C=O) groups is 1. The van der Waals surface area contributed by atoms with Crippen molar-refractivity contribution in [3.05, 3.63) is 34.1 Å². The van der Waals surface area contributed by atoms with Crippen molar-refractivity contribution in [2.24, 2.45) is 11.1 Å². The van der Waals surface area contributed by atoms with E-state index in [9.17, 15) is 9.18 Å². The van der Waals surface area contributed by atoms with Crippen LogP contribution in [0.15, 0.2) is 22.7 Å². The normalized spacial score (nSPS) is 23.4. The first-order chi connectivity index (χ1) is 8.45. The molecule has 1 aromatic rings. The van der Waals surface area contributed by atoms with E-state index in [1.165, 1.54) is 18.2 Å². The molecule has 0 saturated carbocycles. The Morgan fingerprint density at radius 2 is 2.33 bits per heavy atom. The minimum atomic E-state index is -0.361. The Morgan fingerprint density at radius 1 is 1.61 bits per heavy atom. The zero-order valence-electron chi connectivity index (χ0n) is 10.2. The average molecular weight is 315 g/mol. The number of rotatable bonds is 2. The molecule has 1 atom stereocenters. The molecule has 2 N–H and O–H groups in total. The first-order valence-electron chi connectivity index (χ1n) is 5.90. The quantitative estimate of drug-likeness (QED) is 0.911. The van der Waals surface area contributed by atoms with Gasteiger partial charge in [-0.15, -0.1) is 0 Å². The molecule has 5 heteroatoms. The Balaban J connectivity index is 2.15. The molecule has 0 spiro atoms. The molecule has 1 fully saturated rings. The number of benzene rings is 1. The number of amides is 1. The predicted molar refractivity (Wildman–Crippen MR) is 71.8 cm³/mol. The van der Waals surface area contributed by atoms with Gasteiger partial charge >= 0.3 is 0 Å². The number of likely N-dealkylation sites (tertiary alicyclic amines) is 1. The maximum absolute atomic E-state index is 13.1. The fraction of sp³-hybridized carbons (Fsp3) is 0.462. The van der Waals surface area contributed by atoms with Crippen molar-refractivity contribution in [3.8, 4) is 0 Å². The van der Waals surface area contributed by atoms with Gasteiger partial charge in [-0.3, -0.25) is 4.79 Å². The second-order valence-electron chi connectivity index (χ2n) is 5.12. The highest BCUT2D eigenvalue weighted by Gasteiger charge is 2.35. The molecule has 3 nitrogen and oxygen atoms in total. The van der Waals surface area contributed by atoms with Crippen LogP contribution in [0.4, 0.5) is 4.39 Å². The van der Waals surface area contributed by atoms with Crippen LogP contribution < -0.4 is 5.73 Å². The molecule has 2 rings (SSSR count). The first kappa shape index (κ1) is 13.5. The highest BCUT2D eigenvalue weighted by Crippen LogP contribution is 2.30. The lowest BCUT2D eigenvalue weighted by Crippen LogP contribution is -2.34. The zero-order valence-corrected chi connectivity index (χ0v) is 11.8. The lowest BCUT2D eigenvalue weighted by atomic mass is 9.90. The number of hydrogen-bond acceptors (Lipinski definition) is 2. The first-order valence-corrected chi connectivity index (χ1v) is 6.69. The second kappa shape index (κ2) is 4.97. The number of carbonyl (C=O) groups excluding carboxylic acids is 1. The van der Waals surface area contributed by atoms with Gasteiger partial charge in [0, 0.05) is 18.7 Å². The van der Waals surface area contributed by atoms with Crippen LogP contribution in [0, 0.1) is 11.2 Å². The van der Waals surface area contributed by atoms with E-state index in [1.54, 1.807) is 4.90 Å². The van der Waals surface area contributed by atoms with Gasteiger partial charge in [0.05, 0.1) is 4.47 Å². The number of nitrogens with zero attached hydrogens (tertiary/aromatic N) is 1. The van der Waals surface area contributed by atoms with Crippen molar-refractivity contribution in [2.45, 2.75) is 13.3 Å². The standard InChI is InChI=1S/C13H16BrFN2O/c1-13(7-16)4-5-17(8-13)12(18)9-2-3-11(15)10(14)6-9/h2-3,6H,4-5,7-8,16H2,1H3. The summed E-state index contributed by atoms with van der Waals surface area (Å²) >= 11 is 3.09. The van der Waals surface area contributed by atoms with E-state index in [0.29, 0.717) is 29.7 Å². The number of hydrogen-bond donors (Lipinski definition) is 1. The van der Waals surface area contributed by atoms with Gasteiger partial charge in [-0.25, -0.2) is 4.39 Å². The Kier molecular flexibility index (Phi) is 3.73. The van der Waals surface area contributed by atoms with Crippen LogP contribution >= 0.6 is 15.9 Å². The van der Waals surface area contributed by atoms with Crippen LogP contribution in [0.5, 0.6) is 0 Å². The van der Waals surface area contributed by atoms with Crippen LogP contribution in [0.1, 0.15) is 23.7 Å². The van der Waals surface area contributed by atoms with Crippen LogP contribution in [-0.2, 0) is 0 Å². The van der Waals surface area contributed by atoms with Crippen molar-refractivity contribution in [1.29, 1.82) is 0 Å². The smallest absolute Gasteiger partial charge is 0.253 e. The zero-order chi connectivity index (χ0) is 13.3. The van der Waals surface area contributed by atoms with Gasteiger partial charge in [0.1, 0.15) is 5.82 Å². The van der Waals surface area contributed by atoms with E-state index < -0.39 is 0 Å². The Labute approximate surface area is 114 Å². The van der Waals surface area contributed by atoms with E-state index in [0.717, 1.165) is 6.42 Å². The highest BCUT2D eigenvalue weighted by molar-refractivity contribution is 9.10. The maximum atomic E-state index is 13.1. The summed E-state index contributed by atoms with van der Waals surface area (Å²) in [6.45, 7) is 4.03. The Hall–Kier alpha value is -0.940. The molecule has 1 aliphatic heterocycles. The van der Waals surface area contributed by atoms with Gasteiger partial charge in [0.2, 0.25) is 0 Å². The van der Waals surface area contributed by atoms with Gasteiger partial charge in [-0.05, 0) is 52.5 Å². The van der Waals surface area contributed by atoms with Gasteiger partial charge in [-0.2, -0.15) is 0 Å². The van der Waals surface area contributed by atoms with E-state index >= 15 is 0 Å². The second-order valence-corrected chi connectivity index (χ2v) is 5.97. The van der Waals surface area contributed by atoms with Crippen LogP contribution in [0.2, 0.25) is 0 Å². The van der Waals surface area contributed by atoms with Crippen molar-refractivity contribution in [2.75, 3.05) is 19.6 Å². The summed E-state index contributed by atoms with van der Waals surface area (Å²) < 4.78 is 13.4. The summed E-state index contributed by atoms with van der Waals surface area (Å²) in [5.74, 6) is -0.423. The molecule has 0 radical (unpaired) electrons. The van der Waals surface area contributed by atoms with Crippen molar-refractivity contribution >= 4 is 21.8 Å². The van der Waals surface area contributed by atoms with Crippen LogP contribution in [0.25, 0.3) is 0 Å². The summed E-state index contributed by atoms with van der Waals surface area (Å²) in [5, 5.41) is 0. The SMILES string of the molecule is CC1(CN)CCN(C(=O)c2ccc(F)c(Br)c2)C1. The molecule has 0 bridgehead atoms. The van der Waals surface area contributed by atoms with Gasteiger partial charge < -0.3 is 10.6 Å². The summed E-state index contributed by atoms with van der Waals surface area (Å²) in [6, 6.07) is 4.34. The molecule has 0 aromatic heterocycles. The lowest BCUT2D eigenvalue weighted by Gasteiger charge is -2.22. The molecule has 1 saturated heterocycles. The summed E-state index contributed by atoms with van der Waals surface area (Å²) in [5.41, 5.74) is 6.23. The topological polar surface area (TPSA) is 46.3 Å². The molecule has 1 heterocycles. The van der Waals surface area contributed by atoms with E-state index in [-0.39, 0.29) is 17.1 Å². The Bertz CT molecular complexity index is 480. The van der Waals surface area contributed by atoms with Gasteiger partial charge in [-0.1, -0.05) is 6.92 Å².